The molecular formula is C20H21F3N2O2. The van der Waals surface area contributed by atoms with E-state index in [1.807, 2.05) is 24.3 Å². The highest BCUT2D eigenvalue weighted by molar-refractivity contribution is 5.84. The third-order valence-electron chi connectivity index (χ3n) is 4.59. The molecule has 1 atom stereocenters. The number of hydrogen-bond donors (Lipinski definition) is 2. The van der Waals surface area contributed by atoms with Crippen molar-refractivity contribution in [1.82, 2.24) is 5.32 Å². The zero-order valence-electron chi connectivity index (χ0n) is 14.7. The molecule has 1 amide bonds. The minimum absolute atomic E-state index is 0.0863. The molecule has 2 N–H and O–H groups in total. The molecular weight excluding hydrogens is 357 g/mol. The molecule has 2 aromatic rings. The molecule has 1 aliphatic rings. The Morgan fingerprint density at radius 1 is 1.11 bits per heavy atom. The lowest BCUT2D eigenvalue weighted by Crippen LogP contribution is -2.15. The second-order valence-corrected chi connectivity index (χ2v) is 6.52. The van der Waals surface area contributed by atoms with Gasteiger partial charge in [0.2, 0.25) is 0 Å². The van der Waals surface area contributed by atoms with Gasteiger partial charge in [-0.2, -0.15) is 13.2 Å². The van der Waals surface area contributed by atoms with Gasteiger partial charge in [0.1, 0.15) is 0 Å². The van der Waals surface area contributed by atoms with Gasteiger partial charge in [-0.15, -0.1) is 0 Å². The zero-order chi connectivity index (χ0) is 19.3. The molecule has 0 radical (unpaired) electrons. The number of amides is 1. The van der Waals surface area contributed by atoms with Crippen molar-refractivity contribution >= 4 is 11.8 Å². The average Bonchev–Trinajstić information content (AvgIpc) is 3.17. The van der Waals surface area contributed by atoms with Crippen LogP contribution in [-0.2, 0) is 17.3 Å². The number of rotatable bonds is 5. The summed E-state index contributed by atoms with van der Waals surface area (Å²) in [6, 6.07) is 12.5. The predicted octanol–water partition coefficient (Wildman–Crippen LogP) is 4.57. The van der Waals surface area contributed by atoms with E-state index in [-0.39, 0.29) is 6.61 Å². The van der Waals surface area contributed by atoms with Crippen molar-refractivity contribution in [2.45, 2.75) is 24.9 Å². The normalized spacial score (nSPS) is 16.9. The average molecular weight is 378 g/mol. The van der Waals surface area contributed by atoms with Gasteiger partial charge in [-0.05, 0) is 54.3 Å². The first kappa shape index (κ1) is 19.2. The second kappa shape index (κ2) is 8.43. The van der Waals surface area contributed by atoms with E-state index in [0.29, 0.717) is 23.6 Å². The standard InChI is InChI=1S/C20H21F3N2O2/c21-20(22,23)17-5-1-14(2-6-17)10-12-27-19(26)25-18-7-3-15(4-8-18)16-9-11-24-13-16/h1-8,16,24H,9-13H2,(H,25,26). The fraction of sp³-hybridized carbons (Fsp3) is 0.350. The van der Waals surface area contributed by atoms with Gasteiger partial charge in [-0.3, -0.25) is 5.32 Å². The number of benzene rings is 2. The predicted molar refractivity (Wildman–Crippen MR) is 96.8 cm³/mol. The van der Waals surface area contributed by atoms with E-state index in [9.17, 15) is 18.0 Å². The van der Waals surface area contributed by atoms with Gasteiger partial charge in [0.15, 0.2) is 0 Å². The molecule has 0 saturated carbocycles. The van der Waals surface area contributed by atoms with E-state index in [0.717, 1.165) is 31.6 Å². The minimum Gasteiger partial charge on any atom is -0.449 e. The minimum atomic E-state index is -4.35. The largest absolute Gasteiger partial charge is 0.449 e. The molecule has 7 heteroatoms. The van der Waals surface area contributed by atoms with Crippen LogP contribution in [0.5, 0.6) is 0 Å². The van der Waals surface area contributed by atoms with E-state index in [1.165, 1.54) is 17.7 Å². The van der Waals surface area contributed by atoms with Gasteiger partial charge in [-0.25, -0.2) is 4.79 Å². The number of ether oxygens (including phenoxy) is 1. The van der Waals surface area contributed by atoms with Crippen LogP contribution in [0.4, 0.5) is 23.7 Å². The maximum Gasteiger partial charge on any atom is 0.416 e. The highest BCUT2D eigenvalue weighted by atomic mass is 19.4. The Labute approximate surface area is 155 Å². The van der Waals surface area contributed by atoms with E-state index < -0.39 is 17.8 Å². The van der Waals surface area contributed by atoms with Gasteiger partial charge in [0.25, 0.3) is 0 Å². The zero-order valence-corrected chi connectivity index (χ0v) is 14.7. The van der Waals surface area contributed by atoms with Gasteiger partial charge < -0.3 is 10.1 Å². The molecule has 3 rings (SSSR count). The van der Waals surface area contributed by atoms with E-state index in [2.05, 4.69) is 10.6 Å². The molecule has 4 nitrogen and oxygen atoms in total. The summed E-state index contributed by atoms with van der Waals surface area (Å²) in [6.07, 6.45) is -3.48. The van der Waals surface area contributed by atoms with Crippen LogP contribution >= 0.6 is 0 Å². The van der Waals surface area contributed by atoms with Crippen LogP contribution in [0.25, 0.3) is 0 Å². The molecule has 1 unspecified atom stereocenters. The third-order valence-corrected chi connectivity index (χ3v) is 4.59. The molecule has 27 heavy (non-hydrogen) atoms. The van der Waals surface area contributed by atoms with E-state index in [4.69, 9.17) is 4.74 Å². The summed E-state index contributed by atoms with van der Waals surface area (Å²) in [4.78, 5) is 11.8. The van der Waals surface area contributed by atoms with Crippen molar-refractivity contribution in [3.8, 4) is 0 Å². The van der Waals surface area contributed by atoms with E-state index in [1.54, 1.807) is 0 Å². The lowest BCUT2D eigenvalue weighted by Gasteiger charge is -2.11. The summed E-state index contributed by atoms with van der Waals surface area (Å²) in [5.41, 5.74) is 1.86. The number of nitrogens with one attached hydrogen (secondary N) is 2. The molecule has 0 aromatic heterocycles. The maximum absolute atomic E-state index is 12.5. The Balaban J connectivity index is 1.43. The van der Waals surface area contributed by atoms with Gasteiger partial charge >= 0.3 is 12.3 Å². The Bertz CT molecular complexity index is 752. The monoisotopic (exact) mass is 378 g/mol. The van der Waals surface area contributed by atoms with Crippen LogP contribution in [0, 0.1) is 0 Å². The molecule has 1 fully saturated rings. The molecule has 0 aliphatic carbocycles. The molecule has 144 valence electrons. The van der Waals surface area contributed by atoms with Crippen LogP contribution in [0.2, 0.25) is 0 Å². The molecule has 1 heterocycles. The molecule has 2 aromatic carbocycles. The van der Waals surface area contributed by atoms with Gasteiger partial charge in [0.05, 0.1) is 12.2 Å². The quantitative estimate of drug-likeness (QED) is 0.801. The second-order valence-electron chi connectivity index (χ2n) is 6.52. The van der Waals surface area contributed by atoms with Crippen molar-refractivity contribution in [1.29, 1.82) is 0 Å². The molecule has 0 spiro atoms. The first-order valence-corrected chi connectivity index (χ1v) is 8.82. The Kier molecular flexibility index (Phi) is 6.01. The summed E-state index contributed by atoms with van der Waals surface area (Å²) < 4.78 is 42.6. The summed E-state index contributed by atoms with van der Waals surface area (Å²) in [6.45, 7) is 2.08. The van der Waals surface area contributed by atoms with Gasteiger partial charge in [0, 0.05) is 18.7 Å². The lowest BCUT2D eigenvalue weighted by atomic mass is 9.98. The van der Waals surface area contributed by atoms with E-state index >= 15 is 0 Å². The number of hydrogen-bond acceptors (Lipinski definition) is 3. The Morgan fingerprint density at radius 2 is 1.81 bits per heavy atom. The first-order valence-electron chi connectivity index (χ1n) is 8.82. The maximum atomic E-state index is 12.5. The smallest absolute Gasteiger partial charge is 0.416 e. The topological polar surface area (TPSA) is 50.4 Å². The molecule has 1 aliphatic heterocycles. The van der Waals surface area contributed by atoms with Gasteiger partial charge in [-0.1, -0.05) is 24.3 Å². The van der Waals surface area contributed by atoms with Crippen LogP contribution in [0.3, 0.4) is 0 Å². The molecule has 1 saturated heterocycles. The summed E-state index contributed by atoms with van der Waals surface area (Å²) in [5, 5.41) is 5.97. The number of carbonyl (C=O) groups excluding carboxylic acids is 1. The Hall–Kier alpha value is -2.54. The highest BCUT2D eigenvalue weighted by Gasteiger charge is 2.29. The van der Waals surface area contributed by atoms with Crippen molar-refractivity contribution in [2.24, 2.45) is 0 Å². The summed E-state index contributed by atoms with van der Waals surface area (Å²) >= 11 is 0. The van der Waals surface area contributed by atoms with Crippen LogP contribution < -0.4 is 10.6 Å². The number of carbonyl (C=O) groups is 1. The Morgan fingerprint density at radius 3 is 2.41 bits per heavy atom. The molecule has 0 bridgehead atoms. The van der Waals surface area contributed by atoms with Crippen LogP contribution in [-0.4, -0.2) is 25.8 Å². The SMILES string of the molecule is O=C(Nc1ccc(C2CCNC2)cc1)OCCc1ccc(C(F)(F)F)cc1. The number of halogens is 3. The fourth-order valence-electron chi connectivity index (χ4n) is 3.05. The third kappa shape index (κ3) is 5.47. The van der Waals surface area contributed by atoms with Crippen molar-refractivity contribution in [3.05, 3.63) is 65.2 Å². The summed E-state index contributed by atoms with van der Waals surface area (Å²) in [7, 11) is 0. The first-order chi connectivity index (χ1) is 12.9. The number of anilines is 1. The lowest BCUT2D eigenvalue weighted by molar-refractivity contribution is -0.137. The highest BCUT2D eigenvalue weighted by Crippen LogP contribution is 2.29. The summed E-state index contributed by atoms with van der Waals surface area (Å²) in [5.74, 6) is 0.509. The van der Waals surface area contributed by atoms with Crippen molar-refractivity contribution < 1.29 is 22.7 Å². The van der Waals surface area contributed by atoms with Crippen molar-refractivity contribution in [3.63, 3.8) is 0 Å². The number of alkyl halides is 3. The van der Waals surface area contributed by atoms with Crippen LogP contribution in [0.15, 0.2) is 48.5 Å². The van der Waals surface area contributed by atoms with Crippen LogP contribution in [0.1, 0.15) is 29.0 Å². The fourth-order valence-corrected chi connectivity index (χ4v) is 3.05. The van der Waals surface area contributed by atoms with Crippen molar-refractivity contribution in [2.75, 3.05) is 25.0 Å².